The molecule has 1 atom stereocenters. The predicted octanol–water partition coefficient (Wildman–Crippen LogP) is 1.23. The summed E-state index contributed by atoms with van der Waals surface area (Å²) in [7, 11) is 3.50. The molecule has 104 valence electrons. The zero-order valence-electron chi connectivity index (χ0n) is 12.2. The van der Waals surface area contributed by atoms with Crippen LogP contribution in [0, 0.1) is 12.3 Å². The van der Waals surface area contributed by atoms with Gasteiger partial charge in [-0.2, -0.15) is 5.10 Å². The first-order valence-electron chi connectivity index (χ1n) is 6.22. The highest BCUT2D eigenvalue weighted by molar-refractivity contribution is 5.30. The smallest absolute Gasteiger partial charge is 0.216 e. The van der Waals surface area contributed by atoms with Gasteiger partial charge in [-0.15, -0.1) is 0 Å². The molecule has 1 aromatic rings. The molecule has 0 aromatic carbocycles. The minimum absolute atomic E-state index is 0.110. The van der Waals surface area contributed by atoms with Crippen molar-refractivity contribution in [3.63, 3.8) is 0 Å². The van der Waals surface area contributed by atoms with Crippen LogP contribution in [0.1, 0.15) is 32.0 Å². The topological polar surface area (TPSA) is 59.3 Å². The molecule has 1 aromatic heterocycles. The number of ether oxygens (including phenoxy) is 1. The van der Waals surface area contributed by atoms with E-state index < -0.39 is 0 Å². The molecule has 0 spiro atoms. The molecule has 1 unspecified atom stereocenters. The lowest BCUT2D eigenvalue weighted by Gasteiger charge is -2.26. The van der Waals surface area contributed by atoms with Gasteiger partial charge in [0.25, 0.3) is 0 Å². The van der Waals surface area contributed by atoms with Crippen LogP contribution in [0.25, 0.3) is 0 Å². The van der Waals surface area contributed by atoms with Gasteiger partial charge in [0.15, 0.2) is 0 Å². The van der Waals surface area contributed by atoms with Crippen molar-refractivity contribution in [1.82, 2.24) is 15.1 Å². The van der Waals surface area contributed by atoms with Gasteiger partial charge in [-0.25, -0.2) is 4.68 Å². The van der Waals surface area contributed by atoms with Gasteiger partial charge in [-0.05, 0) is 12.3 Å². The molecule has 0 aliphatic rings. The van der Waals surface area contributed by atoms with Crippen molar-refractivity contribution in [2.45, 2.75) is 40.3 Å². The molecule has 5 heteroatoms. The third-order valence-electron chi connectivity index (χ3n) is 3.12. The van der Waals surface area contributed by atoms with Crippen molar-refractivity contribution in [3.8, 4) is 5.88 Å². The molecule has 0 bridgehead atoms. The molecule has 0 saturated heterocycles. The minimum Gasteiger partial charge on any atom is -0.481 e. The summed E-state index contributed by atoms with van der Waals surface area (Å²) >= 11 is 0. The van der Waals surface area contributed by atoms with E-state index in [1.807, 2.05) is 34.7 Å². The van der Waals surface area contributed by atoms with E-state index in [1.165, 1.54) is 0 Å². The van der Waals surface area contributed by atoms with Gasteiger partial charge < -0.3 is 15.2 Å². The van der Waals surface area contributed by atoms with Gasteiger partial charge in [0.1, 0.15) is 0 Å². The van der Waals surface area contributed by atoms with Gasteiger partial charge in [0.2, 0.25) is 5.88 Å². The van der Waals surface area contributed by atoms with E-state index in [2.05, 4.69) is 10.4 Å². The Kier molecular flexibility index (Phi) is 4.76. The van der Waals surface area contributed by atoms with E-state index >= 15 is 0 Å². The second-order valence-corrected chi connectivity index (χ2v) is 5.71. The fourth-order valence-electron chi connectivity index (χ4n) is 1.78. The lowest BCUT2D eigenvalue weighted by molar-refractivity contribution is 0.0627. The van der Waals surface area contributed by atoms with Crippen LogP contribution in [0.4, 0.5) is 0 Å². The van der Waals surface area contributed by atoms with Crippen LogP contribution in [0.2, 0.25) is 0 Å². The van der Waals surface area contributed by atoms with Crippen molar-refractivity contribution >= 4 is 0 Å². The zero-order valence-corrected chi connectivity index (χ0v) is 12.2. The number of hydrogen-bond acceptors (Lipinski definition) is 4. The summed E-state index contributed by atoms with van der Waals surface area (Å²) in [6, 6.07) is 0. The van der Waals surface area contributed by atoms with Crippen LogP contribution < -0.4 is 10.1 Å². The SMILES string of the molecule is COc1c(CNCC(O)C(C)(C)C)c(C)nn1C. The maximum Gasteiger partial charge on any atom is 0.216 e. The second kappa shape index (κ2) is 5.71. The highest BCUT2D eigenvalue weighted by Gasteiger charge is 2.22. The Labute approximate surface area is 109 Å². The summed E-state index contributed by atoms with van der Waals surface area (Å²) in [5, 5.41) is 17.5. The predicted molar refractivity (Wildman–Crippen MR) is 71.7 cm³/mol. The Morgan fingerprint density at radius 2 is 2.06 bits per heavy atom. The maximum absolute atomic E-state index is 9.95. The molecule has 0 aliphatic carbocycles. The van der Waals surface area contributed by atoms with Gasteiger partial charge in [-0.3, -0.25) is 0 Å². The first-order chi connectivity index (χ1) is 8.27. The number of methoxy groups -OCH3 is 1. The molecule has 0 saturated carbocycles. The van der Waals surface area contributed by atoms with Gasteiger partial charge in [-0.1, -0.05) is 20.8 Å². The van der Waals surface area contributed by atoms with Crippen molar-refractivity contribution in [1.29, 1.82) is 0 Å². The Morgan fingerprint density at radius 3 is 2.56 bits per heavy atom. The van der Waals surface area contributed by atoms with E-state index in [0.717, 1.165) is 17.1 Å². The highest BCUT2D eigenvalue weighted by atomic mass is 16.5. The molecule has 0 radical (unpaired) electrons. The van der Waals surface area contributed by atoms with E-state index in [-0.39, 0.29) is 11.5 Å². The Hall–Kier alpha value is -1.07. The molecular weight excluding hydrogens is 230 g/mol. The van der Waals surface area contributed by atoms with Crippen LogP contribution >= 0.6 is 0 Å². The lowest BCUT2D eigenvalue weighted by Crippen LogP contribution is -2.36. The molecule has 1 rings (SSSR count). The van der Waals surface area contributed by atoms with Crippen LogP contribution in [0.15, 0.2) is 0 Å². The van der Waals surface area contributed by atoms with E-state index in [9.17, 15) is 5.11 Å². The molecule has 0 fully saturated rings. The van der Waals surface area contributed by atoms with Crippen LogP contribution in [0.5, 0.6) is 5.88 Å². The Morgan fingerprint density at radius 1 is 1.44 bits per heavy atom. The summed E-state index contributed by atoms with van der Waals surface area (Å²) in [6.07, 6.45) is -0.375. The van der Waals surface area contributed by atoms with Crippen molar-refractivity contribution in [2.24, 2.45) is 12.5 Å². The average molecular weight is 255 g/mol. The molecule has 2 N–H and O–H groups in total. The summed E-state index contributed by atoms with van der Waals surface area (Å²) in [6.45, 7) is 9.23. The lowest BCUT2D eigenvalue weighted by atomic mass is 9.89. The summed E-state index contributed by atoms with van der Waals surface area (Å²) in [5.74, 6) is 0.769. The van der Waals surface area contributed by atoms with Crippen molar-refractivity contribution in [3.05, 3.63) is 11.3 Å². The minimum atomic E-state index is -0.375. The largest absolute Gasteiger partial charge is 0.481 e. The number of aliphatic hydroxyl groups excluding tert-OH is 1. The first kappa shape index (κ1) is 15.0. The number of aliphatic hydroxyl groups is 1. The fourth-order valence-corrected chi connectivity index (χ4v) is 1.78. The Balaban J connectivity index is 2.59. The van der Waals surface area contributed by atoms with Crippen molar-refractivity contribution < 1.29 is 9.84 Å². The van der Waals surface area contributed by atoms with Crippen LogP contribution in [-0.4, -0.2) is 34.6 Å². The standard InChI is InChI=1S/C13H25N3O2/c1-9-10(12(18-6)16(5)15-9)7-14-8-11(17)13(2,3)4/h11,14,17H,7-8H2,1-6H3. The van der Waals surface area contributed by atoms with Crippen LogP contribution in [0.3, 0.4) is 0 Å². The van der Waals surface area contributed by atoms with E-state index in [0.29, 0.717) is 13.1 Å². The van der Waals surface area contributed by atoms with E-state index in [1.54, 1.807) is 11.8 Å². The third-order valence-corrected chi connectivity index (χ3v) is 3.12. The third kappa shape index (κ3) is 3.46. The summed E-state index contributed by atoms with van der Waals surface area (Å²) < 4.78 is 7.05. The molecule has 0 amide bonds. The van der Waals surface area contributed by atoms with Crippen molar-refractivity contribution in [2.75, 3.05) is 13.7 Å². The van der Waals surface area contributed by atoms with Gasteiger partial charge >= 0.3 is 0 Å². The number of aryl methyl sites for hydroxylation is 2. The quantitative estimate of drug-likeness (QED) is 0.831. The number of nitrogens with zero attached hydrogens (tertiary/aromatic N) is 2. The fraction of sp³-hybridized carbons (Fsp3) is 0.769. The number of hydrogen-bond donors (Lipinski definition) is 2. The maximum atomic E-state index is 9.95. The van der Waals surface area contributed by atoms with Gasteiger partial charge in [0.05, 0.1) is 24.5 Å². The normalized spacial score (nSPS) is 13.7. The molecule has 18 heavy (non-hydrogen) atoms. The molecule has 0 aliphatic heterocycles. The van der Waals surface area contributed by atoms with Gasteiger partial charge in [0, 0.05) is 20.1 Å². The molecular formula is C13H25N3O2. The summed E-state index contributed by atoms with van der Waals surface area (Å²) in [5.41, 5.74) is 1.88. The molecule has 5 nitrogen and oxygen atoms in total. The first-order valence-corrected chi connectivity index (χ1v) is 6.22. The number of nitrogens with one attached hydrogen (secondary N) is 1. The summed E-state index contributed by atoms with van der Waals surface area (Å²) in [4.78, 5) is 0. The Bertz CT molecular complexity index is 394. The van der Waals surface area contributed by atoms with Crippen LogP contribution in [-0.2, 0) is 13.6 Å². The molecule has 1 heterocycles. The number of aromatic nitrogens is 2. The highest BCUT2D eigenvalue weighted by Crippen LogP contribution is 2.21. The number of rotatable bonds is 5. The monoisotopic (exact) mass is 255 g/mol. The average Bonchev–Trinajstić information content (AvgIpc) is 2.51. The zero-order chi connectivity index (χ0) is 13.9. The second-order valence-electron chi connectivity index (χ2n) is 5.71. The van der Waals surface area contributed by atoms with E-state index in [4.69, 9.17) is 4.74 Å².